The van der Waals surface area contributed by atoms with E-state index in [1.165, 1.54) is 0 Å². The number of aromatic amines is 1. The van der Waals surface area contributed by atoms with Crippen LogP contribution in [0.15, 0.2) is 42.6 Å². The highest BCUT2D eigenvalue weighted by atomic mass is 35.5. The lowest BCUT2D eigenvalue weighted by molar-refractivity contribution is -0.145. The maximum Gasteiger partial charge on any atom is 0.329 e. The zero-order valence-electron chi connectivity index (χ0n) is 14.6. The van der Waals surface area contributed by atoms with Gasteiger partial charge in [0.05, 0.1) is 5.69 Å². The molecular weight excluding hydrogens is 356 g/mol. The first-order valence-electron chi connectivity index (χ1n) is 8.26. The van der Waals surface area contributed by atoms with E-state index in [1.54, 1.807) is 42.6 Å². The molecule has 0 aliphatic heterocycles. The molecule has 0 aliphatic rings. The van der Waals surface area contributed by atoms with E-state index >= 15 is 0 Å². The van der Waals surface area contributed by atoms with Gasteiger partial charge in [-0.1, -0.05) is 25.4 Å². The van der Waals surface area contributed by atoms with E-state index in [-0.39, 0.29) is 18.3 Å². The first-order chi connectivity index (χ1) is 12.4. The summed E-state index contributed by atoms with van der Waals surface area (Å²) >= 11 is 5.81. The minimum atomic E-state index is -0.838. The van der Waals surface area contributed by atoms with Crippen LogP contribution in [0.4, 0.5) is 0 Å². The second-order valence-corrected chi connectivity index (χ2v) is 6.71. The van der Waals surface area contributed by atoms with Crippen molar-refractivity contribution in [3.8, 4) is 0 Å². The number of esters is 1. The highest BCUT2D eigenvalue weighted by Gasteiger charge is 2.25. The first kappa shape index (κ1) is 19.7. The number of nitrogens with one attached hydrogen (secondary N) is 2. The number of ether oxygens (including phenoxy) is 1. The van der Waals surface area contributed by atoms with Gasteiger partial charge in [-0.15, -0.1) is 0 Å². The molecule has 2 rings (SSSR count). The van der Waals surface area contributed by atoms with Crippen LogP contribution >= 0.6 is 11.6 Å². The standard InChI is InChI=1S/C19H21ClN2O4/c1-12(2)10-16(22-18(24)13-5-7-14(20)8-6-13)19(25)26-11-17(23)15-4-3-9-21-15/h3-9,12,16,21H,10-11H2,1-2H3,(H,22,24)/t16-/m0/s1. The van der Waals surface area contributed by atoms with Gasteiger partial charge in [0.15, 0.2) is 6.61 Å². The Morgan fingerprint density at radius 3 is 2.42 bits per heavy atom. The highest BCUT2D eigenvalue weighted by molar-refractivity contribution is 6.30. The molecule has 0 radical (unpaired) electrons. The summed E-state index contributed by atoms with van der Waals surface area (Å²) in [6.07, 6.45) is 2.01. The number of carbonyl (C=O) groups excluding carboxylic acids is 3. The fourth-order valence-electron chi connectivity index (χ4n) is 2.35. The van der Waals surface area contributed by atoms with E-state index in [2.05, 4.69) is 10.3 Å². The average molecular weight is 377 g/mol. The topological polar surface area (TPSA) is 88.3 Å². The molecule has 1 aromatic heterocycles. The van der Waals surface area contributed by atoms with Crippen molar-refractivity contribution in [1.82, 2.24) is 10.3 Å². The van der Waals surface area contributed by atoms with Gasteiger partial charge in [-0.05, 0) is 48.7 Å². The lowest BCUT2D eigenvalue weighted by Gasteiger charge is -2.19. The number of hydrogen-bond acceptors (Lipinski definition) is 4. The van der Waals surface area contributed by atoms with Gasteiger partial charge in [-0.3, -0.25) is 9.59 Å². The van der Waals surface area contributed by atoms with Crippen molar-refractivity contribution in [3.63, 3.8) is 0 Å². The fourth-order valence-corrected chi connectivity index (χ4v) is 2.47. The normalized spacial score (nSPS) is 11.8. The van der Waals surface area contributed by atoms with E-state index in [9.17, 15) is 14.4 Å². The Hall–Kier alpha value is -2.60. The van der Waals surface area contributed by atoms with Gasteiger partial charge in [0.25, 0.3) is 5.91 Å². The quantitative estimate of drug-likeness (QED) is 0.546. The summed E-state index contributed by atoms with van der Waals surface area (Å²) in [6.45, 7) is 3.47. The van der Waals surface area contributed by atoms with Gasteiger partial charge in [0.1, 0.15) is 6.04 Å². The van der Waals surface area contributed by atoms with E-state index in [1.807, 2.05) is 13.8 Å². The number of benzene rings is 1. The zero-order chi connectivity index (χ0) is 19.1. The molecule has 2 aromatic rings. The second kappa shape index (κ2) is 9.20. The van der Waals surface area contributed by atoms with E-state index < -0.39 is 17.9 Å². The van der Waals surface area contributed by atoms with Gasteiger partial charge in [0.2, 0.25) is 5.78 Å². The molecule has 0 unspecified atom stereocenters. The Morgan fingerprint density at radius 2 is 1.85 bits per heavy atom. The van der Waals surface area contributed by atoms with Crippen LogP contribution in [0.1, 0.15) is 41.1 Å². The molecule has 6 nitrogen and oxygen atoms in total. The zero-order valence-corrected chi connectivity index (χ0v) is 15.4. The molecule has 0 bridgehead atoms. The molecular formula is C19H21ClN2O4. The summed E-state index contributed by atoms with van der Waals surface area (Å²) in [7, 11) is 0. The molecule has 26 heavy (non-hydrogen) atoms. The van der Waals surface area contributed by atoms with Crippen LogP contribution in [0.3, 0.4) is 0 Å². The summed E-state index contributed by atoms with van der Waals surface area (Å²) in [5, 5.41) is 3.18. The molecule has 0 saturated carbocycles. The van der Waals surface area contributed by atoms with Crippen molar-refractivity contribution < 1.29 is 19.1 Å². The minimum absolute atomic E-state index is 0.150. The number of Topliss-reactive ketones (excluding diaryl/α,β-unsaturated/α-hetero) is 1. The molecule has 0 spiro atoms. The van der Waals surface area contributed by atoms with Crippen molar-refractivity contribution in [2.45, 2.75) is 26.3 Å². The summed E-state index contributed by atoms with van der Waals surface area (Å²) < 4.78 is 5.10. The summed E-state index contributed by atoms with van der Waals surface area (Å²) in [5.41, 5.74) is 0.752. The average Bonchev–Trinajstić information content (AvgIpc) is 3.13. The number of halogens is 1. The van der Waals surface area contributed by atoms with Crippen LogP contribution in [0.5, 0.6) is 0 Å². The highest BCUT2D eigenvalue weighted by Crippen LogP contribution is 2.12. The summed E-state index contributed by atoms with van der Waals surface area (Å²) in [4.78, 5) is 39.4. The molecule has 138 valence electrons. The Kier molecular flexibility index (Phi) is 6.97. The van der Waals surface area contributed by atoms with Gasteiger partial charge < -0.3 is 15.0 Å². The van der Waals surface area contributed by atoms with Gasteiger partial charge in [0, 0.05) is 16.8 Å². The number of hydrogen-bond donors (Lipinski definition) is 2. The van der Waals surface area contributed by atoms with Gasteiger partial charge in [-0.2, -0.15) is 0 Å². The Labute approximate surface area is 156 Å². The van der Waals surface area contributed by atoms with Crippen LogP contribution < -0.4 is 5.32 Å². The monoisotopic (exact) mass is 376 g/mol. The summed E-state index contributed by atoms with van der Waals surface area (Å²) in [5.74, 6) is -1.23. The third-order valence-corrected chi connectivity index (χ3v) is 3.90. The number of amides is 1. The van der Waals surface area contributed by atoms with Crippen molar-refractivity contribution in [3.05, 3.63) is 58.9 Å². The molecule has 0 saturated heterocycles. The predicted molar refractivity (Wildman–Crippen MR) is 98.2 cm³/mol. The number of ketones is 1. The van der Waals surface area contributed by atoms with Gasteiger partial charge in [-0.25, -0.2) is 4.79 Å². The van der Waals surface area contributed by atoms with Crippen LogP contribution in [0, 0.1) is 5.92 Å². The van der Waals surface area contributed by atoms with Crippen molar-refractivity contribution in [2.75, 3.05) is 6.61 Å². The molecule has 1 amide bonds. The van der Waals surface area contributed by atoms with Crippen molar-refractivity contribution in [2.24, 2.45) is 5.92 Å². The van der Waals surface area contributed by atoms with E-state index in [0.717, 1.165) is 0 Å². The number of H-pyrrole nitrogens is 1. The molecule has 0 aliphatic carbocycles. The molecule has 7 heteroatoms. The molecule has 1 atom stereocenters. The van der Waals surface area contributed by atoms with Crippen LogP contribution in [0.2, 0.25) is 5.02 Å². The second-order valence-electron chi connectivity index (χ2n) is 6.28. The fraction of sp³-hybridized carbons (Fsp3) is 0.316. The predicted octanol–water partition coefficient (Wildman–Crippen LogP) is 3.24. The number of aromatic nitrogens is 1. The molecule has 0 fully saturated rings. The SMILES string of the molecule is CC(C)C[C@H](NC(=O)c1ccc(Cl)cc1)C(=O)OCC(=O)c1ccc[nH]1. The minimum Gasteiger partial charge on any atom is -0.456 e. The lowest BCUT2D eigenvalue weighted by atomic mass is 10.0. The Balaban J connectivity index is 1.98. The third-order valence-electron chi connectivity index (χ3n) is 3.65. The molecule has 1 heterocycles. The maximum atomic E-state index is 12.4. The Morgan fingerprint density at radius 1 is 1.15 bits per heavy atom. The van der Waals surface area contributed by atoms with Crippen LogP contribution in [-0.4, -0.2) is 35.3 Å². The number of carbonyl (C=O) groups is 3. The van der Waals surface area contributed by atoms with Crippen LogP contribution in [-0.2, 0) is 9.53 Å². The van der Waals surface area contributed by atoms with E-state index in [4.69, 9.17) is 16.3 Å². The van der Waals surface area contributed by atoms with Crippen molar-refractivity contribution in [1.29, 1.82) is 0 Å². The van der Waals surface area contributed by atoms with Gasteiger partial charge >= 0.3 is 5.97 Å². The smallest absolute Gasteiger partial charge is 0.329 e. The van der Waals surface area contributed by atoms with E-state index in [0.29, 0.717) is 22.7 Å². The van der Waals surface area contributed by atoms with Crippen LogP contribution in [0.25, 0.3) is 0 Å². The van der Waals surface area contributed by atoms with Crippen molar-refractivity contribution >= 4 is 29.3 Å². The maximum absolute atomic E-state index is 12.4. The number of rotatable bonds is 8. The molecule has 1 aromatic carbocycles. The Bertz CT molecular complexity index is 754. The largest absolute Gasteiger partial charge is 0.456 e. The lowest BCUT2D eigenvalue weighted by Crippen LogP contribution is -2.43. The third kappa shape index (κ3) is 5.74. The first-order valence-corrected chi connectivity index (χ1v) is 8.64. The molecule has 2 N–H and O–H groups in total. The summed E-state index contributed by atoms with van der Waals surface area (Å²) in [6, 6.07) is 8.79.